The minimum atomic E-state index is -0.627. The van der Waals surface area contributed by atoms with E-state index in [1.807, 2.05) is 12.1 Å². The van der Waals surface area contributed by atoms with Crippen molar-refractivity contribution in [1.29, 1.82) is 0 Å². The van der Waals surface area contributed by atoms with Gasteiger partial charge in [-0.25, -0.2) is 0 Å². The van der Waals surface area contributed by atoms with Crippen molar-refractivity contribution < 1.29 is 5.11 Å². The molecular formula is C25H39ClN2O. The highest BCUT2D eigenvalue weighted by atomic mass is 35.5. The highest BCUT2D eigenvalue weighted by Gasteiger charge is 2.47. The number of rotatable bonds is 6. The minimum absolute atomic E-state index is 0.364. The van der Waals surface area contributed by atoms with E-state index in [0.717, 1.165) is 37.4 Å². The topological polar surface area (TPSA) is 26.7 Å². The lowest BCUT2D eigenvalue weighted by molar-refractivity contribution is -0.112. The standard InChI is InChI=1S/C25H39ClN2O/c26-24-12-7-9-21(17-24)18-25(29)22(19-27-13-3-1-4-14-27)10-8-11-23(25)20-28-15-5-2-6-16-28/h7,9,12,17,22-23,29H,1-6,8,10-11,13-16,18-20H2. The van der Waals surface area contributed by atoms with Gasteiger partial charge >= 0.3 is 0 Å². The van der Waals surface area contributed by atoms with Gasteiger partial charge < -0.3 is 14.9 Å². The van der Waals surface area contributed by atoms with Gasteiger partial charge in [-0.15, -0.1) is 0 Å². The van der Waals surface area contributed by atoms with Crippen LogP contribution >= 0.6 is 11.6 Å². The molecule has 0 aromatic heterocycles. The van der Waals surface area contributed by atoms with E-state index in [2.05, 4.69) is 21.9 Å². The van der Waals surface area contributed by atoms with Crippen LogP contribution in [0.5, 0.6) is 0 Å². The molecular weight excluding hydrogens is 380 g/mol. The molecule has 4 heteroatoms. The molecule has 2 saturated heterocycles. The Morgan fingerprint density at radius 3 is 1.90 bits per heavy atom. The van der Waals surface area contributed by atoms with Crippen molar-refractivity contribution in [2.45, 2.75) is 69.8 Å². The van der Waals surface area contributed by atoms with Gasteiger partial charge in [0.2, 0.25) is 0 Å². The first-order valence-corrected chi connectivity index (χ1v) is 12.4. The SMILES string of the molecule is OC1(Cc2cccc(Cl)c2)C(CN2CCCCC2)CCCC1CN1CCCCC1. The maximum atomic E-state index is 12.3. The molecule has 1 aliphatic carbocycles. The smallest absolute Gasteiger partial charge is 0.0768 e. The molecule has 0 amide bonds. The molecule has 2 aliphatic heterocycles. The molecule has 1 saturated carbocycles. The van der Waals surface area contributed by atoms with E-state index in [1.54, 1.807) is 0 Å². The number of aliphatic hydroxyl groups is 1. The molecule has 2 unspecified atom stereocenters. The second-order valence-electron chi connectivity index (χ2n) is 9.85. The minimum Gasteiger partial charge on any atom is -0.389 e. The van der Waals surface area contributed by atoms with Crippen molar-refractivity contribution in [2.75, 3.05) is 39.3 Å². The molecule has 2 heterocycles. The fourth-order valence-electron chi connectivity index (χ4n) is 6.11. The Hall–Kier alpha value is -0.610. The van der Waals surface area contributed by atoms with Crippen molar-refractivity contribution >= 4 is 11.6 Å². The number of piperidine rings is 2. The predicted molar refractivity (Wildman–Crippen MR) is 122 cm³/mol. The summed E-state index contributed by atoms with van der Waals surface area (Å²) in [5.41, 5.74) is 0.562. The third kappa shape index (κ3) is 5.55. The first kappa shape index (κ1) is 21.6. The molecule has 1 aromatic carbocycles. The van der Waals surface area contributed by atoms with E-state index in [-0.39, 0.29) is 0 Å². The summed E-state index contributed by atoms with van der Waals surface area (Å²) in [7, 11) is 0. The van der Waals surface area contributed by atoms with Crippen molar-refractivity contribution in [3.63, 3.8) is 0 Å². The lowest BCUT2D eigenvalue weighted by Crippen LogP contribution is -2.56. The Bertz CT molecular complexity index is 611. The maximum absolute atomic E-state index is 12.3. The van der Waals surface area contributed by atoms with Gasteiger partial charge in [0.25, 0.3) is 0 Å². The number of halogens is 1. The molecule has 1 N–H and O–H groups in total. The second-order valence-corrected chi connectivity index (χ2v) is 10.3. The molecule has 0 spiro atoms. The van der Waals surface area contributed by atoms with E-state index >= 15 is 0 Å². The summed E-state index contributed by atoms with van der Waals surface area (Å²) in [6, 6.07) is 8.17. The van der Waals surface area contributed by atoms with Crippen molar-refractivity contribution in [1.82, 2.24) is 9.80 Å². The van der Waals surface area contributed by atoms with Crippen molar-refractivity contribution in [3.8, 4) is 0 Å². The Morgan fingerprint density at radius 1 is 0.828 bits per heavy atom. The third-order valence-electron chi connectivity index (χ3n) is 7.75. The largest absolute Gasteiger partial charge is 0.389 e. The van der Waals surface area contributed by atoms with E-state index in [9.17, 15) is 5.11 Å². The zero-order valence-corrected chi connectivity index (χ0v) is 18.8. The molecule has 3 fully saturated rings. The van der Waals surface area contributed by atoms with E-state index in [1.165, 1.54) is 76.7 Å². The molecule has 162 valence electrons. The summed E-state index contributed by atoms with van der Waals surface area (Å²) < 4.78 is 0. The first-order valence-electron chi connectivity index (χ1n) is 12.0. The maximum Gasteiger partial charge on any atom is 0.0768 e. The summed E-state index contributed by atoms with van der Waals surface area (Å²) >= 11 is 6.29. The number of hydrogen-bond acceptors (Lipinski definition) is 3. The predicted octanol–water partition coefficient (Wildman–Crippen LogP) is 5.00. The van der Waals surface area contributed by atoms with Crippen LogP contribution in [0.1, 0.15) is 63.4 Å². The van der Waals surface area contributed by atoms with Crippen LogP contribution in [0.3, 0.4) is 0 Å². The average Bonchev–Trinajstić information content (AvgIpc) is 2.73. The first-order chi connectivity index (χ1) is 14.1. The second kappa shape index (κ2) is 10.1. The van der Waals surface area contributed by atoms with Gasteiger partial charge in [-0.1, -0.05) is 43.0 Å². The molecule has 1 aromatic rings. The molecule has 4 rings (SSSR count). The van der Waals surface area contributed by atoms with E-state index < -0.39 is 5.60 Å². The van der Waals surface area contributed by atoms with Gasteiger partial charge in [-0.05, 0) is 82.4 Å². The molecule has 3 nitrogen and oxygen atoms in total. The summed E-state index contributed by atoms with van der Waals surface area (Å²) in [4.78, 5) is 5.25. The Kier molecular flexibility index (Phi) is 7.55. The molecule has 29 heavy (non-hydrogen) atoms. The Labute approximate surface area is 182 Å². The van der Waals surface area contributed by atoms with Gasteiger partial charge in [0.05, 0.1) is 5.60 Å². The van der Waals surface area contributed by atoms with Crippen molar-refractivity contribution in [2.24, 2.45) is 11.8 Å². The van der Waals surface area contributed by atoms with Gasteiger partial charge in [-0.2, -0.15) is 0 Å². The van der Waals surface area contributed by atoms with Crippen LogP contribution in [0.4, 0.5) is 0 Å². The quantitative estimate of drug-likeness (QED) is 0.703. The summed E-state index contributed by atoms with van der Waals surface area (Å²) in [6.07, 6.45) is 12.3. The summed E-state index contributed by atoms with van der Waals surface area (Å²) in [6.45, 7) is 6.96. The van der Waals surface area contributed by atoms with Crippen molar-refractivity contribution in [3.05, 3.63) is 34.9 Å². The number of hydrogen-bond donors (Lipinski definition) is 1. The van der Waals surface area contributed by atoms with Gasteiger partial charge in [0, 0.05) is 36.4 Å². The van der Waals surface area contributed by atoms with Crippen LogP contribution in [-0.2, 0) is 6.42 Å². The number of nitrogens with zero attached hydrogens (tertiary/aromatic N) is 2. The molecule has 2 atom stereocenters. The molecule has 0 radical (unpaired) electrons. The van der Waals surface area contributed by atoms with Crippen LogP contribution in [-0.4, -0.2) is 59.8 Å². The third-order valence-corrected chi connectivity index (χ3v) is 7.99. The summed E-state index contributed by atoms with van der Waals surface area (Å²) in [5, 5.41) is 13.1. The lowest BCUT2D eigenvalue weighted by atomic mass is 9.65. The van der Waals surface area contributed by atoms with Crippen LogP contribution in [0.15, 0.2) is 24.3 Å². The van der Waals surface area contributed by atoms with Crippen LogP contribution in [0.25, 0.3) is 0 Å². The summed E-state index contributed by atoms with van der Waals surface area (Å²) in [5.74, 6) is 0.728. The van der Waals surface area contributed by atoms with Crippen LogP contribution < -0.4 is 0 Å². The van der Waals surface area contributed by atoms with Crippen LogP contribution in [0.2, 0.25) is 5.02 Å². The number of benzene rings is 1. The highest BCUT2D eigenvalue weighted by molar-refractivity contribution is 6.30. The molecule has 3 aliphatic rings. The average molecular weight is 419 g/mol. The van der Waals surface area contributed by atoms with Gasteiger partial charge in [0.15, 0.2) is 0 Å². The molecule has 0 bridgehead atoms. The fourth-order valence-corrected chi connectivity index (χ4v) is 6.33. The van der Waals surface area contributed by atoms with Gasteiger partial charge in [-0.3, -0.25) is 0 Å². The zero-order chi connectivity index (χ0) is 20.1. The normalized spacial score (nSPS) is 32.3. The Balaban J connectivity index is 1.54. The number of likely N-dealkylation sites (tertiary alicyclic amines) is 2. The van der Waals surface area contributed by atoms with E-state index in [0.29, 0.717) is 11.8 Å². The zero-order valence-electron chi connectivity index (χ0n) is 18.0. The highest BCUT2D eigenvalue weighted by Crippen LogP contribution is 2.42. The monoisotopic (exact) mass is 418 g/mol. The van der Waals surface area contributed by atoms with Crippen LogP contribution in [0, 0.1) is 11.8 Å². The van der Waals surface area contributed by atoms with E-state index in [4.69, 9.17) is 11.6 Å². The van der Waals surface area contributed by atoms with Gasteiger partial charge in [0.1, 0.15) is 0 Å². The lowest BCUT2D eigenvalue weighted by Gasteiger charge is -2.49. The fraction of sp³-hybridized carbons (Fsp3) is 0.760. The Morgan fingerprint density at radius 2 is 1.38 bits per heavy atom.